The fourth-order valence-electron chi connectivity index (χ4n) is 2.58. The molecule has 0 aromatic heterocycles. The Kier molecular flexibility index (Phi) is 6.42. The Morgan fingerprint density at radius 3 is 2.28 bits per heavy atom. The second-order valence-corrected chi connectivity index (χ2v) is 7.15. The van der Waals surface area contributed by atoms with Crippen LogP contribution in [0.3, 0.4) is 0 Å². The molecular weight excluding hydrogens is 336 g/mol. The Bertz CT molecular complexity index is 691. The molecule has 6 heteroatoms. The molecule has 0 saturated carbocycles. The number of nitrogens with zero attached hydrogens (tertiary/aromatic N) is 2. The fraction of sp³-hybridized carbons (Fsp3) is 0.421. The van der Waals surface area contributed by atoms with Gasteiger partial charge in [0.1, 0.15) is 6.54 Å². The van der Waals surface area contributed by atoms with Gasteiger partial charge in [0, 0.05) is 13.1 Å². The number of rotatable bonds is 6. The maximum Gasteiger partial charge on any atom is 0.294 e. The molecule has 0 aliphatic carbocycles. The maximum absolute atomic E-state index is 12.5. The minimum Gasteiger partial charge on any atom is -0.342 e. The molecule has 2 rings (SSSR count). The van der Waals surface area contributed by atoms with Crippen molar-refractivity contribution in [1.82, 2.24) is 9.80 Å². The van der Waals surface area contributed by atoms with Gasteiger partial charge in [-0.1, -0.05) is 38.1 Å². The third kappa shape index (κ3) is 4.51. The van der Waals surface area contributed by atoms with E-state index in [0.29, 0.717) is 23.9 Å². The molecule has 25 heavy (non-hydrogen) atoms. The molecule has 0 spiro atoms. The van der Waals surface area contributed by atoms with E-state index in [1.165, 1.54) is 5.56 Å². The smallest absolute Gasteiger partial charge is 0.294 e. The molecule has 3 amide bonds. The Morgan fingerprint density at radius 2 is 1.76 bits per heavy atom. The summed E-state index contributed by atoms with van der Waals surface area (Å²) in [6.07, 6.45) is 1.71. The van der Waals surface area contributed by atoms with E-state index < -0.39 is 11.1 Å². The molecule has 1 heterocycles. The molecular formula is C19H24N2O3S. The Balaban J connectivity index is 2.13. The van der Waals surface area contributed by atoms with Crippen LogP contribution >= 0.6 is 11.8 Å². The van der Waals surface area contributed by atoms with Gasteiger partial charge in [0.15, 0.2) is 0 Å². The summed E-state index contributed by atoms with van der Waals surface area (Å²) in [5, 5.41) is -0.393. The van der Waals surface area contributed by atoms with Crippen molar-refractivity contribution in [3.05, 3.63) is 40.3 Å². The number of hydrogen-bond donors (Lipinski definition) is 0. The lowest BCUT2D eigenvalue weighted by Crippen LogP contribution is -2.41. The fourth-order valence-corrected chi connectivity index (χ4v) is 3.41. The van der Waals surface area contributed by atoms with E-state index in [9.17, 15) is 14.4 Å². The van der Waals surface area contributed by atoms with Crippen molar-refractivity contribution in [2.75, 3.05) is 19.6 Å². The maximum atomic E-state index is 12.5. The Hall–Kier alpha value is -2.08. The van der Waals surface area contributed by atoms with Crippen LogP contribution < -0.4 is 0 Å². The highest BCUT2D eigenvalue weighted by Crippen LogP contribution is 2.32. The SMILES string of the molecule is CCN(CC)C(=O)CN1C(=O)S/C(=C\c2ccc(C(C)C)cc2)C1=O. The van der Waals surface area contributed by atoms with Crippen molar-refractivity contribution in [2.45, 2.75) is 33.6 Å². The minimum atomic E-state index is -0.400. The second kappa shape index (κ2) is 8.34. The van der Waals surface area contributed by atoms with E-state index in [1.54, 1.807) is 11.0 Å². The molecule has 1 aliphatic rings. The van der Waals surface area contributed by atoms with Gasteiger partial charge >= 0.3 is 0 Å². The summed E-state index contributed by atoms with van der Waals surface area (Å²) >= 11 is 0.884. The molecule has 1 fully saturated rings. The van der Waals surface area contributed by atoms with Crippen molar-refractivity contribution in [2.24, 2.45) is 0 Å². The third-order valence-electron chi connectivity index (χ3n) is 4.18. The summed E-state index contributed by atoms with van der Waals surface area (Å²) in [5.41, 5.74) is 2.08. The third-order valence-corrected chi connectivity index (χ3v) is 5.09. The van der Waals surface area contributed by atoms with Crippen LogP contribution in [0.4, 0.5) is 4.79 Å². The van der Waals surface area contributed by atoms with Crippen molar-refractivity contribution < 1.29 is 14.4 Å². The van der Waals surface area contributed by atoms with Gasteiger partial charge < -0.3 is 4.90 Å². The van der Waals surface area contributed by atoms with E-state index in [0.717, 1.165) is 22.2 Å². The van der Waals surface area contributed by atoms with E-state index in [2.05, 4.69) is 13.8 Å². The van der Waals surface area contributed by atoms with Gasteiger partial charge in [-0.2, -0.15) is 0 Å². The van der Waals surface area contributed by atoms with E-state index in [1.807, 2.05) is 38.1 Å². The molecule has 1 aliphatic heterocycles. The van der Waals surface area contributed by atoms with E-state index in [4.69, 9.17) is 0 Å². The van der Waals surface area contributed by atoms with E-state index >= 15 is 0 Å². The molecule has 0 N–H and O–H groups in total. The zero-order valence-corrected chi connectivity index (χ0v) is 15.9. The molecule has 134 valence electrons. The number of carbonyl (C=O) groups is 3. The van der Waals surface area contributed by atoms with Crippen LogP contribution in [0, 0.1) is 0 Å². The van der Waals surface area contributed by atoms with Crippen molar-refractivity contribution in [1.29, 1.82) is 0 Å². The first-order valence-corrected chi connectivity index (χ1v) is 9.32. The number of hydrogen-bond acceptors (Lipinski definition) is 4. The average Bonchev–Trinajstić information content (AvgIpc) is 2.84. The van der Waals surface area contributed by atoms with Gasteiger partial charge in [-0.15, -0.1) is 0 Å². The topological polar surface area (TPSA) is 57.7 Å². The number of thioether (sulfide) groups is 1. The zero-order chi connectivity index (χ0) is 18.6. The predicted molar refractivity (Wildman–Crippen MR) is 101 cm³/mol. The molecule has 0 unspecified atom stereocenters. The normalized spacial score (nSPS) is 16.2. The lowest BCUT2D eigenvalue weighted by molar-refractivity contribution is -0.135. The molecule has 1 saturated heterocycles. The van der Waals surface area contributed by atoms with Gasteiger partial charge in [-0.05, 0) is 48.7 Å². The average molecular weight is 360 g/mol. The van der Waals surface area contributed by atoms with Gasteiger partial charge in [-0.25, -0.2) is 0 Å². The van der Waals surface area contributed by atoms with Crippen LogP contribution in [0.1, 0.15) is 44.7 Å². The Labute approximate surface area is 153 Å². The largest absolute Gasteiger partial charge is 0.342 e. The van der Waals surface area contributed by atoms with Crippen LogP contribution in [0.25, 0.3) is 6.08 Å². The summed E-state index contributed by atoms with van der Waals surface area (Å²) in [7, 11) is 0. The lowest BCUT2D eigenvalue weighted by Gasteiger charge is -2.21. The van der Waals surface area contributed by atoms with Gasteiger partial charge in [0.2, 0.25) is 5.91 Å². The minimum absolute atomic E-state index is 0.198. The summed E-state index contributed by atoms with van der Waals surface area (Å²) in [6.45, 7) is 8.90. The van der Waals surface area contributed by atoms with Crippen LogP contribution in [0.5, 0.6) is 0 Å². The van der Waals surface area contributed by atoms with Crippen LogP contribution in [-0.2, 0) is 9.59 Å². The standard InChI is InChI=1S/C19H24N2O3S/c1-5-20(6-2)17(22)12-21-18(23)16(25-19(21)24)11-14-7-9-15(10-8-14)13(3)4/h7-11,13H,5-6,12H2,1-4H3/b16-11-. The number of carbonyl (C=O) groups excluding carboxylic acids is 3. The Morgan fingerprint density at radius 1 is 1.16 bits per heavy atom. The number of benzene rings is 1. The van der Waals surface area contributed by atoms with E-state index in [-0.39, 0.29) is 12.5 Å². The number of imide groups is 1. The lowest BCUT2D eigenvalue weighted by atomic mass is 10.0. The monoisotopic (exact) mass is 360 g/mol. The van der Waals surface area contributed by atoms with Crippen molar-refractivity contribution in [3.8, 4) is 0 Å². The van der Waals surface area contributed by atoms with Crippen molar-refractivity contribution >= 4 is 34.9 Å². The summed E-state index contributed by atoms with van der Waals surface area (Å²) in [4.78, 5) is 39.8. The summed E-state index contributed by atoms with van der Waals surface area (Å²) < 4.78 is 0. The number of amides is 3. The second-order valence-electron chi connectivity index (χ2n) is 6.16. The zero-order valence-electron chi connectivity index (χ0n) is 15.1. The predicted octanol–water partition coefficient (Wildman–Crippen LogP) is 3.71. The van der Waals surface area contributed by atoms with Crippen LogP contribution in [0.2, 0.25) is 0 Å². The van der Waals surface area contributed by atoms with Crippen LogP contribution in [-0.4, -0.2) is 46.5 Å². The van der Waals surface area contributed by atoms with Crippen molar-refractivity contribution in [3.63, 3.8) is 0 Å². The summed E-state index contributed by atoms with van der Waals surface area (Å²) in [6, 6.07) is 7.91. The molecule has 0 bridgehead atoms. The highest BCUT2D eigenvalue weighted by Gasteiger charge is 2.36. The molecule has 0 atom stereocenters. The first-order valence-electron chi connectivity index (χ1n) is 8.50. The van der Waals surface area contributed by atoms with Gasteiger partial charge in [-0.3, -0.25) is 19.3 Å². The first-order chi connectivity index (χ1) is 11.9. The molecule has 0 radical (unpaired) electrons. The number of likely N-dealkylation sites (N-methyl/N-ethyl adjacent to an activating group) is 1. The molecule has 5 nitrogen and oxygen atoms in total. The molecule has 1 aromatic carbocycles. The highest BCUT2D eigenvalue weighted by atomic mass is 32.2. The quantitative estimate of drug-likeness (QED) is 0.726. The summed E-state index contributed by atoms with van der Waals surface area (Å²) in [5.74, 6) is -0.175. The van der Waals surface area contributed by atoms with Gasteiger partial charge in [0.25, 0.3) is 11.1 Å². The van der Waals surface area contributed by atoms with Gasteiger partial charge in [0.05, 0.1) is 4.91 Å². The first kappa shape index (κ1) is 19.2. The van der Waals surface area contributed by atoms with Crippen LogP contribution in [0.15, 0.2) is 29.2 Å². The molecule has 1 aromatic rings. The highest BCUT2D eigenvalue weighted by molar-refractivity contribution is 8.18.